The summed E-state index contributed by atoms with van der Waals surface area (Å²) in [6, 6.07) is 6.98. The molecule has 0 bridgehead atoms. The van der Waals surface area contributed by atoms with Gasteiger partial charge >= 0.3 is 5.97 Å². The maximum atomic E-state index is 12.0. The van der Waals surface area contributed by atoms with Gasteiger partial charge < -0.3 is 9.47 Å². The molecule has 0 saturated heterocycles. The first kappa shape index (κ1) is 9.39. The summed E-state index contributed by atoms with van der Waals surface area (Å²) >= 11 is 0. The summed E-state index contributed by atoms with van der Waals surface area (Å²) < 4.78 is 10.3. The van der Waals surface area contributed by atoms with Crippen molar-refractivity contribution in [2.45, 2.75) is 12.0 Å². The van der Waals surface area contributed by atoms with Crippen molar-refractivity contribution >= 4 is 11.8 Å². The third-order valence-electron chi connectivity index (χ3n) is 3.20. The molecule has 2 atom stereocenters. The summed E-state index contributed by atoms with van der Waals surface area (Å²) in [5, 5.41) is 0. The number of methoxy groups -OCH3 is 1. The maximum absolute atomic E-state index is 12.0. The molecule has 0 unspecified atom stereocenters. The summed E-state index contributed by atoms with van der Waals surface area (Å²) in [6.45, 7) is 0. The number of ketones is 1. The predicted octanol–water partition coefficient (Wildman–Crippen LogP) is 1.19. The van der Waals surface area contributed by atoms with Crippen LogP contribution in [0, 0.1) is 5.92 Å². The number of esters is 1. The molecule has 1 aliphatic carbocycles. The minimum atomic E-state index is -1.04. The second-order valence-corrected chi connectivity index (χ2v) is 4.10. The van der Waals surface area contributed by atoms with Crippen LogP contribution in [-0.2, 0) is 9.53 Å². The molecule has 1 heterocycles. The van der Waals surface area contributed by atoms with Gasteiger partial charge in [0.2, 0.25) is 5.60 Å². The molecule has 3 rings (SSSR count). The van der Waals surface area contributed by atoms with Crippen LogP contribution in [0.5, 0.6) is 5.75 Å². The predicted molar refractivity (Wildman–Crippen MR) is 54.3 cm³/mol. The van der Waals surface area contributed by atoms with Gasteiger partial charge in [0.05, 0.1) is 18.6 Å². The molecule has 1 saturated carbocycles. The van der Waals surface area contributed by atoms with Gasteiger partial charge in [-0.25, -0.2) is 4.79 Å². The smallest absolute Gasteiger partial charge is 0.351 e. The van der Waals surface area contributed by atoms with E-state index in [1.54, 1.807) is 24.3 Å². The lowest BCUT2D eigenvalue weighted by Crippen LogP contribution is -2.38. The number of carbonyl (C=O) groups excluding carboxylic acids is 2. The third kappa shape index (κ3) is 0.988. The number of hydrogen-bond acceptors (Lipinski definition) is 4. The minimum Gasteiger partial charge on any atom is -0.474 e. The van der Waals surface area contributed by atoms with Crippen LogP contribution in [0.2, 0.25) is 0 Å². The highest BCUT2D eigenvalue weighted by atomic mass is 16.6. The van der Waals surface area contributed by atoms with Crippen LogP contribution in [-0.4, -0.2) is 24.5 Å². The standard InChI is InChI=1S/C12H10O4/c1-15-11(14)12-6-8(12)10(13)7-4-2-3-5-9(7)16-12/h2-5,8H,6H2,1H3/t8-,12+/m1/s1. The Morgan fingerprint density at radius 1 is 1.50 bits per heavy atom. The van der Waals surface area contributed by atoms with E-state index >= 15 is 0 Å². The fourth-order valence-corrected chi connectivity index (χ4v) is 2.24. The van der Waals surface area contributed by atoms with Crippen molar-refractivity contribution in [2.24, 2.45) is 5.92 Å². The highest BCUT2D eigenvalue weighted by molar-refractivity contribution is 6.09. The van der Waals surface area contributed by atoms with E-state index in [0.717, 1.165) is 0 Å². The monoisotopic (exact) mass is 218 g/mol. The van der Waals surface area contributed by atoms with Gasteiger partial charge in [-0.15, -0.1) is 0 Å². The number of para-hydroxylation sites is 1. The highest BCUT2D eigenvalue weighted by Crippen LogP contribution is 2.54. The van der Waals surface area contributed by atoms with Crippen LogP contribution in [0.3, 0.4) is 0 Å². The lowest BCUT2D eigenvalue weighted by atomic mass is 10.0. The van der Waals surface area contributed by atoms with Gasteiger partial charge in [0.15, 0.2) is 5.78 Å². The second kappa shape index (κ2) is 2.84. The zero-order valence-electron chi connectivity index (χ0n) is 8.73. The Kier molecular flexibility index (Phi) is 1.67. The second-order valence-electron chi connectivity index (χ2n) is 4.10. The Morgan fingerprint density at radius 3 is 3.00 bits per heavy atom. The van der Waals surface area contributed by atoms with Gasteiger partial charge in [-0.1, -0.05) is 12.1 Å². The van der Waals surface area contributed by atoms with Crippen LogP contribution in [0.1, 0.15) is 16.8 Å². The molecular formula is C12H10O4. The van der Waals surface area contributed by atoms with Crippen LogP contribution in [0.25, 0.3) is 0 Å². The first-order chi connectivity index (χ1) is 7.69. The molecule has 4 nitrogen and oxygen atoms in total. The SMILES string of the molecule is COC(=O)[C@]12C[C@@H]1C(=O)c1ccccc1O2. The van der Waals surface area contributed by atoms with Gasteiger partial charge in [-0.05, 0) is 12.1 Å². The van der Waals surface area contributed by atoms with Gasteiger partial charge in [0.1, 0.15) is 5.75 Å². The Labute approximate surface area is 92.2 Å². The van der Waals surface area contributed by atoms with Crippen LogP contribution in [0.4, 0.5) is 0 Å². The van der Waals surface area contributed by atoms with Crippen molar-refractivity contribution in [1.29, 1.82) is 0 Å². The Morgan fingerprint density at radius 2 is 2.25 bits per heavy atom. The van der Waals surface area contributed by atoms with E-state index in [9.17, 15) is 9.59 Å². The average molecular weight is 218 g/mol. The van der Waals surface area contributed by atoms with Gasteiger partial charge in [-0.3, -0.25) is 4.79 Å². The molecule has 4 heteroatoms. The molecule has 16 heavy (non-hydrogen) atoms. The topological polar surface area (TPSA) is 52.6 Å². The molecule has 0 N–H and O–H groups in total. The van der Waals surface area contributed by atoms with Crippen LogP contribution in [0.15, 0.2) is 24.3 Å². The molecule has 1 aliphatic heterocycles. The normalized spacial score (nSPS) is 29.8. The minimum absolute atomic E-state index is 0.0211. The zero-order valence-corrected chi connectivity index (χ0v) is 8.73. The number of hydrogen-bond donors (Lipinski definition) is 0. The molecule has 1 aromatic carbocycles. The largest absolute Gasteiger partial charge is 0.474 e. The third-order valence-corrected chi connectivity index (χ3v) is 3.20. The number of Topliss-reactive ketones (excluding diaryl/α,β-unsaturated/α-hetero) is 1. The van der Waals surface area contributed by atoms with E-state index in [0.29, 0.717) is 17.7 Å². The number of fused-ring (bicyclic) bond motifs is 2. The fraction of sp³-hybridized carbons (Fsp3) is 0.333. The molecule has 0 spiro atoms. The lowest BCUT2D eigenvalue weighted by Gasteiger charge is -2.23. The maximum Gasteiger partial charge on any atom is 0.351 e. The van der Waals surface area contributed by atoms with Crippen molar-refractivity contribution in [3.05, 3.63) is 29.8 Å². The van der Waals surface area contributed by atoms with Gasteiger partial charge in [-0.2, -0.15) is 0 Å². The van der Waals surface area contributed by atoms with Gasteiger partial charge in [0, 0.05) is 6.42 Å². The van der Waals surface area contributed by atoms with Crippen molar-refractivity contribution in [3.8, 4) is 5.75 Å². The van der Waals surface area contributed by atoms with E-state index in [1.165, 1.54) is 7.11 Å². The van der Waals surface area contributed by atoms with E-state index in [2.05, 4.69) is 4.74 Å². The van der Waals surface area contributed by atoms with E-state index < -0.39 is 11.6 Å². The van der Waals surface area contributed by atoms with Crippen LogP contribution < -0.4 is 4.74 Å². The highest BCUT2D eigenvalue weighted by Gasteiger charge is 2.70. The fourth-order valence-electron chi connectivity index (χ4n) is 2.24. The average Bonchev–Trinajstić information content (AvgIpc) is 3.04. The Hall–Kier alpha value is -1.84. The molecule has 82 valence electrons. The summed E-state index contributed by atoms with van der Waals surface area (Å²) in [6.07, 6.45) is 0.424. The molecule has 1 aromatic rings. The first-order valence-corrected chi connectivity index (χ1v) is 5.10. The molecule has 0 aromatic heterocycles. The lowest BCUT2D eigenvalue weighted by molar-refractivity contribution is -0.151. The number of ether oxygens (including phenoxy) is 2. The summed E-state index contributed by atoms with van der Waals surface area (Å²) in [4.78, 5) is 23.6. The summed E-state index contributed by atoms with van der Waals surface area (Å²) in [5.41, 5.74) is -0.482. The Balaban J connectivity index is 2.05. The molecule has 0 radical (unpaired) electrons. The van der Waals surface area contributed by atoms with Crippen molar-refractivity contribution in [2.75, 3.05) is 7.11 Å². The molecule has 0 amide bonds. The van der Waals surface area contributed by atoms with Crippen molar-refractivity contribution in [3.63, 3.8) is 0 Å². The summed E-state index contributed by atoms with van der Waals surface area (Å²) in [7, 11) is 1.31. The number of rotatable bonds is 1. The van der Waals surface area contributed by atoms with E-state index in [4.69, 9.17) is 4.74 Å². The van der Waals surface area contributed by atoms with Gasteiger partial charge in [0.25, 0.3) is 0 Å². The van der Waals surface area contributed by atoms with E-state index in [-0.39, 0.29) is 11.7 Å². The van der Waals surface area contributed by atoms with Crippen molar-refractivity contribution < 1.29 is 19.1 Å². The van der Waals surface area contributed by atoms with Crippen LogP contribution >= 0.6 is 0 Å². The zero-order chi connectivity index (χ0) is 11.3. The Bertz CT molecular complexity index is 494. The molecular weight excluding hydrogens is 208 g/mol. The molecule has 1 fully saturated rings. The first-order valence-electron chi connectivity index (χ1n) is 5.10. The number of carbonyl (C=O) groups is 2. The summed E-state index contributed by atoms with van der Waals surface area (Å²) in [5.74, 6) is -0.367. The van der Waals surface area contributed by atoms with Crippen molar-refractivity contribution in [1.82, 2.24) is 0 Å². The number of benzene rings is 1. The van der Waals surface area contributed by atoms with E-state index in [1.807, 2.05) is 0 Å². The quantitative estimate of drug-likeness (QED) is 0.664. The molecule has 2 aliphatic rings.